The number of hydrogen-bond acceptors (Lipinski definition) is 5. The summed E-state index contributed by atoms with van der Waals surface area (Å²) in [6, 6.07) is 6.75. The fraction of sp³-hybridized carbons (Fsp3) is 0.214. The fourth-order valence-electron chi connectivity index (χ4n) is 2.17. The highest BCUT2D eigenvalue weighted by molar-refractivity contribution is 6.30. The Morgan fingerprint density at radius 1 is 1.25 bits per heavy atom. The van der Waals surface area contributed by atoms with Gasteiger partial charge >= 0.3 is 6.18 Å². The lowest BCUT2D eigenvalue weighted by atomic mass is 10.1. The fourth-order valence-corrected chi connectivity index (χ4v) is 2.29. The Balaban J connectivity index is 2.01. The number of aliphatic hydroxyl groups excluding tert-OH is 1. The zero-order chi connectivity index (χ0) is 17.3. The van der Waals surface area contributed by atoms with E-state index >= 15 is 0 Å². The predicted octanol–water partition coefficient (Wildman–Crippen LogP) is 2.94. The molecule has 1 atom stereocenters. The van der Waals surface area contributed by atoms with E-state index in [9.17, 15) is 18.3 Å². The van der Waals surface area contributed by atoms with Gasteiger partial charge in [0.2, 0.25) is 0 Å². The van der Waals surface area contributed by atoms with Gasteiger partial charge in [-0.3, -0.25) is 0 Å². The number of aromatic nitrogens is 4. The molecule has 24 heavy (non-hydrogen) atoms. The minimum absolute atomic E-state index is 0.0128. The van der Waals surface area contributed by atoms with Crippen LogP contribution in [0.1, 0.15) is 17.3 Å². The molecule has 2 aromatic heterocycles. The molecule has 0 saturated heterocycles. The van der Waals surface area contributed by atoms with Crippen LogP contribution < -0.4 is 5.32 Å². The van der Waals surface area contributed by atoms with Crippen molar-refractivity contribution < 1.29 is 18.3 Å². The Hall–Kier alpha value is -2.39. The van der Waals surface area contributed by atoms with E-state index in [1.54, 1.807) is 24.3 Å². The van der Waals surface area contributed by atoms with Crippen molar-refractivity contribution in [2.24, 2.45) is 0 Å². The summed E-state index contributed by atoms with van der Waals surface area (Å²) in [6.07, 6.45) is -3.52. The molecular formula is C14H11ClF3N5O. The highest BCUT2D eigenvalue weighted by Gasteiger charge is 2.34. The van der Waals surface area contributed by atoms with E-state index in [0.717, 1.165) is 16.9 Å². The van der Waals surface area contributed by atoms with Gasteiger partial charge in [0, 0.05) is 11.1 Å². The highest BCUT2D eigenvalue weighted by Crippen LogP contribution is 2.30. The standard InChI is InChI=1S/C14H11ClF3N5O/c15-9-3-1-8(2-4-9)10(6-24)21-12-5-11(14(16,17)18)22-13-19-7-20-23(12)13/h1-5,7,10,21,24H,6H2. The van der Waals surface area contributed by atoms with Crippen molar-refractivity contribution in [2.75, 3.05) is 11.9 Å². The van der Waals surface area contributed by atoms with Crippen molar-refractivity contribution in [3.05, 3.63) is 52.9 Å². The van der Waals surface area contributed by atoms with Crippen molar-refractivity contribution in [1.29, 1.82) is 0 Å². The molecule has 1 aromatic carbocycles. The van der Waals surface area contributed by atoms with Gasteiger partial charge in [-0.25, -0.2) is 4.98 Å². The first kappa shape index (κ1) is 16.5. The van der Waals surface area contributed by atoms with Crippen LogP contribution in [-0.4, -0.2) is 31.3 Å². The van der Waals surface area contributed by atoms with Crippen LogP contribution in [0.5, 0.6) is 0 Å². The molecule has 6 nitrogen and oxygen atoms in total. The van der Waals surface area contributed by atoms with Crippen LogP contribution >= 0.6 is 11.6 Å². The first-order valence-corrected chi connectivity index (χ1v) is 7.17. The largest absolute Gasteiger partial charge is 0.433 e. The Bertz CT molecular complexity index is 850. The van der Waals surface area contributed by atoms with E-state index in [1.807, 2.05) is 0 Å². The highest BCUT2D eigenvalue weighted by atomic mass is 35.5. The van der Waals surface area contributed by atoms with Crippen molar-refractivity contribution in [3.63, 3.8) is 0 Å². The molecule has 1 unspecified atom stereocenters. The van der Waals surface area contributed by atoms with Crippen LogP contribution in [0.25, 0.3) is 5.78 Å². The lowest BCUT2D eigenvalue weighted by Gasteiger charge is -2.19. The molecule has 0 aliphatic carbocycles. The van der Waals surface area contributed by atoms with Crippen molar-refractivity contribution in [3.8, 4) is 0 Å². The van der Waals surface area contributed by atoms with Crippen molar-refractivity contribution >= 4 is 23.2 Å². The molecule has 0 aliphatic heterocycles. The predicted molar refractivity (Wildman–Crippen MR) is 80.7 cm³/mol. The third-order valence-electron chi connectivity index (χ3n) is 3.32. The number of aliphatic hydroxyl groups is 1. The Kier molecular flexibility index (Phi) is 4.29. The molecule has 0 spiro atoms. The lowest BCUT2D eigenvalue weighted by molar-refractivity contribution is -0.141. The van der Waals surface area contributed by atoms with Crippen LogP contribution in [0.15, 0.2) is 36.7 Å². The molecule has 0 amide bonds. The van der Waals surface area contributed by atoms with Crippen LogP contribution in [0.3, 0.4) is 0 Å². The number of anilines is 1. The average molecular weight is 358 g/mol. The van der Waals surface area contributed by atoms with E-state index < -0.39 is 17.9 Å². The topological polar surface area (TPSA) is 75.3 Å². The Morgan fingerprint density at radius 2 is 1.96 bits per heavy atom. The van der Waals surface area contributed by atoms with Crippen molar-refractivity contribution in [1.82, 2.24) is 19.6 Å². The molecule has 0 aliphatic rings. The zero-order valence-electron chi connectivity index (χ0n) is 12.0. The number of benzene rings is 1. The maximum absolute atomic E-state index is 13.0. The van der Waals surface area contributed by atoms with E-state index in [-0.39, 0.29) is 18.2 Å². The number of rotatable bonds is 4. The third kappa shape index (κ3) is 3.26. The summed E-state index contributed by atoms with van der Waals surface area (Å²) >= 11 is 5.82. The van der Waals surface area contributed by atoms with Gasteiger partial charge < -0.3 is 10.4 Å². The second-order valence-electron chi connectivity index (χ2n) is 4.93. The summed E-state index contributed by atoms with van der Waals surface area (Å²) in [7, 11) is 0. The van der Waals surface area contributed by atoms with Gasteiger partial charge in [-0.05, 0) is 17.7 Å². The number of nitrogens with one attached hydrogen (secondary N) is 1. The van der Waals surface area contributed by atoms with Gasteiger partial charge in [-0.15, -0.1) is 0 Å². The van der Waals surface area contributed by atoms with E-state index in [0.29, 0.717) is 10.6 Å². The van der Waals surface area contributed by atoms with Crippen LogP contribution in [-0.2, 0) is 6.18 Å². The third-order valence-corrected chi connectivity index (χ3v) is 3.57. The smallest absolute Gasteiger partial charge is 0.394 e. The van der Waals surface area contributed by atoms with Crippen LogP contribution in [0, 0.1) is 0 Å². The summed E-state index contributed by atoms with van der Waals surface area (Å²) in [5, 5.41) is 16.8. The first-order valence-electron chi connectivity index (χ1n) is 6.79. The molecule has 3 aromatic rings. The maximum atomic E-state index is 13.0. The first-order chi connectivity index (χ1) is 11.4. The SMILES string of the molecule is OCC(Nc1cc(C(F)(F)F)nc2ncnn12)c1ccc(Cl)cc1. The zero-order valence-corrected chi connectivity index (χ0v) is 12.8. The summed E-state index contributed by atoms with van der Waals surface area (Å²) in [5.74, 6) is -0.182. The van der Waals surface area contributed by atoms with Gasteiger partial charge in [0.05, 0.1) is 12.6 Å². The minimum Gasteiger partial charge on any atom is -0.394 e. The molecule has 0 radical (unpaired) electrons. The van der Waals surface area contributed by atoms with Gasteiger partial charge in [0.1, 0.15) is 12.1 Å². The van der Waals surface area contributed by atoms with Gasteiger partial charge in [-0.1, -0.05) is 23.7 Å². The van der Waals surface area contributed by atoms with Gasteiger partial charge in [-0.2, -0.15) is 27.8 Å². The van der Waals surface area contributed by atoms with Crippen molar-refractivity contribution in [2.45, 2.75) is 12.2 Å². The van der Waals surface area contributed by atoms with Gasteiger partial charge in [0.25, 0.3) is 5.78 Å². The number of halogens is 4. The minimum atomic E-state index is -4.63. The molecule has 0 fully saturated rings. The van der Waals surface area contributed by atoms with Crippen LogP contribution in [0.4, 0.5) is 19.0 Å². The Labute approximate surface area is 138 Å². The molecule has 10 heteroatoms. The second kappa shape index (κ2) is 6.25. The van der Waals surface area contributed by atoms with E-state index in [2.05, 4.69) is 20.4 Å². The maximum Gasteiger partial charge on any atom is 0.433 e. The molecule has 2 heterocycles. The number of alkyl halides is 3. The summed E-state index contributed by atoms with van der Waals surface area (Å²) in [6.45, 7) is -0.346. The van der Waals surface area contributed by atoms with E-state index in [4.69, 9.17) is 11.6 Å². The number of hydrogen-bond donors (Lipinski definition) is 2. The molecule has 0 bridgehead atoms. The summed E-state index contributed by atoms with van der Waals surface area (Å²) < 4.78 is 40.1. The monoisotopic (exact) mass is 357 g/mol. The number of fused-ring (bicyclic) bond motifs is 1. The van der Waals surface area contributed by atoms with Crippen LogP contribution in [0.2, 0.25) is 5.02 Å². The lowest BCUT2D eigenvalue weighted by Crippen LogP contribution is -2.19. The normalized spacial score (nSPS) is 13.2. The molecule has 126 valence electrons. The number of nitrogens with zero attached hydrogens (tertiary/aromatic N) is 4. The van der Waals surface area contributed by atoms with E-state index in [1.165, 1.54) is 0 Å². The second-order valence-corrected chi connectivity index (χ2v) is 5.36. The molecule has 2 N–H and O–H groups in total. The van der Waals surface area contributed by atoms with Gasteiger partial charge in [0.15, 0.2) is 5.69 Å². The summed E-state index contributed by atoms with van der Waals surface area (Å²) in [4.78, 5) is 7.12. The summed E-state index contributed by atoms with van der Waals surface area (Å²) in [5.41, 5.74) is -0.446. The quantitative estimate of drug-likeness (QED) is 0.751. The Morgan fingerprint density at radius 3 is 2.58 bits per heavy atom. The molecular weight excluding hydrogens is 347 g/mol. The molecule has 0 saturated carbocycles. The molecule has 3 rings (SSSR count). The average Bonchev–Trinajstić information content (AvgIpc) is 3.01.